The Balaban J connectivity index is 1.65. The van der Waals surface area contributed by atoms with Crippen molar-refractivity contribution < 1.29 is 14.2 Å². The minimum Gasteiger partial charge on any atom is -0.493 e. The molecule has 1 N–H and O–H groups in total. The monoisotopic (exact) mass is 434 g/mol. The van der Waals surface area contributed by atoms with Crippen molar-refractivity contribution in [1.29, 1.82) is 0 Å². The van der Waals surface area contributed by atoms with Gasteiger partial charge in [-0.1, -0.05) is 30.3 Å². The van der Waals surface area contributed by atoms with Crippen LogP contribution < -0.4 is 19.6 Å². The lowest BCUT2D eigenvalue weighted by Crippen LogP contribution is -1.99. The van der Waals surface area contributed by atoms with Crippen molar-refractivity contribution in [2.75, 3.05) is 26.8 Å². The number of benzene rings is 2. The molecule has 4 aromatic rings. The molecule has 0 saturated carbocycles. The molecule has 2 aromatic carbocycles. The van der Waals surface area contributed by atoms with Crippen LogP contribution in [-0.4, -0.2) is 37.5 Å². The molecule has 4 rings (SSSR count). The van der Waals surface area contributed by atoms with E-state index in [4.69, 9.17) is 14.2 Å². The molecule has 0 spiro atoms. The number of hydrazone groups is 1. The first-order valence-electron chi connectivity index (χ1n) is 9.55. The maximum absolute atomic E-state index is 5.40. The fourth-order valence-electron chi connectivity index (χ4n) is 3.20. The zero-order chi connectivity index (χ0) is 21.8. The maximum Gasteiger partial charge on any atom is 0.203 e. The molecule has 2 heterocycles. The highest BCUT2D eigenvalue weighted by Gasteiger charge is 2.13. The molecule has 31 heavy (non-hydrogen) atoms. The Kier molecular flexibility index (Phi) is 5.99. The first-order chi connectivity index (χ1) is 15.1. The Morgan fingerprint density at radius 2 is 1.65 bits per heavy atom. The molecule has 0 radical (unpaired) electrons. The summed E-state index contributed by atoms with van der Waals surface area (Å²) in [6, 6.07) is 16.0. The highest BCUT2D eigenvalue weighted by molar-refractivity contribution is 7.21. The van der Waals surface area contributed by atoms with E-state index in [9.17, 15) is 0 Å². The van der Waals surface area contributed by atoms with Gasteiger partial charge in [0, 0.05) is 10.4 Å². The normalized spacial score (nSPS) is 11.1. The summed E-state index contributed by atoms with van der Waals surface area (Å²) in [7, 11) is 4.73. The molecule has 0 saturated heterocycles. The van der Waals surface area contributed by atoms with Gasteiger partial charge < -0.3 is 14.2 Å². The van der Waals surface area contributed by atoms with Crippen molar-refractivity contribution in [1.82, 2.24) is 9.97 Å². The maximum atomic E-state index is 5.40. The van der Waals surface area contributed by atoms with E-state index in [2.05, 4.69) is 38.7 Å². The highest BCUT2D eigenvalue weighted by Crippen LogP contribution is 2.38. The molecular weight excluding hydrogens is 412 g/mol. The van der Waals surface area contributed by atoms with E-state index in [1.54, 1.807) is 38.9 Å². The number of anilines is 1. The average Bonchev–Trinajstić information content (AvgIpc) is 3.23. The van der Waals surface area contributed by atoms with Crippen LogP contribution in [0, 0.1) is 6.92 Å². The molecule has 0 bridgehead atoms. The van der Waals surface area contributed by atoms with Crippen LogP contribution in [0.3, 0.4) is 0 Å². The summed E-state index contributed by atoms with van der Waals surface area (Å²) < 4.78 is 16.2. The highest BCUT2D eigenvalue weighted by atomic mass is 32.1. The number of fused-ring (bicyclic) bond motifs is 1. The van der Waals surface area contributed by atoms with Crippen molar-refractivity contribution in [3.8, 4) is 27.7 Å². The van der Waals surface area contributed by atoms with E-state index >= 15 is 0 Å². The van der Waals surface area contributed by atoms with Crippen molar-refractivity contribution >= 4 is 33.6 Å². The van der Waals surface area contributed by atoms with Crippen LogP contribution in [0.15, 0.2) is 53.6 Å². The summed E-state index contributed by atoms with van der Waals surface area (Å²) in [5, 5.41) is 5.31. The molecule has 7 nitrogen and oxygen atoms in total. The SMILES string of the molecule is COc1cc(C=NNc2nc(C)nc3sc(-c4ccccc4)cc23)cc(OC)c1OC. The molecule has 0 amide bonds. The lowest BCUT2D eigenvalue weighted by Gasteiger charge is -2.12. The molecule has 0 fully saturated rings. The summed E-state index contributed by atoms with van der Waals surface area (Å²) in [6.07, 6.45) is 1.68. The number of rotatable bonds is 7. The largest absolute Gasteiger partial charge is 0.493 e. The number of aromatic nitrogens is 2. The summed E-state index contributed by atoms with van der Waals surface area (Å²) >= 11 is 1.63. The van der Waals surface area contributed by atoms with E-state index in [1.165, 1.54) is 0 Å². The van der Waals surface area contributed by atoms with Gasteiger partial charge in [0.2, 0.25) is 5.75 Å². The summed E-state index contributed by atoms with van der Waals surface area (Å²) in [4.78, 5) is 11.2. The minimum atomic E-state index is 0.537. The molecule has 0 atom stereocenters. The number of ether oxygens (including phenoxy) is 3. The van der Waals surface area contributed by atoms with E-state index in [1.807, 2.05) is 37.3 Å². The molecule has 158 valence electrons. The Morgan fingerprint density at radius 3 is 2.29 bits per heavy atom. The van der Waals surface area contributed by atoms with E-state index in [-0.39, 0.29) is 0 Å². The van der Waals surface area contributed by atoms with Gasteiger partial charge in [0.1, 0.15) is 10.7 Å². The van der Waals surface area contributed by atoms with Gasteiger partial charge in [-0.05, 0) is 30.7 Å². The third kappa shape index (κ3) is 4.29. The first kappa shape index (κ1) is 20.6. The molecular formula is C23H22N4O3S. The van der Waals surface area contributed by atoms with E-state index < -0.39 is 0 Å². The number of hydrogen-bond donors (Lipinski definition) is 1. The van der Waals surface area contributed by atoms with Crippen LogP contribution >= 0.6 is 11.3 Å². The lowest BCUT2D eigenvalue weighted by molar-refractivity contribution is 0.324. The zero-order valence-electron chi connectivity index (χ0n) is 17.7. The van der Waals surface area contributed by atoms with Crippen molar-refractivity contribution in [2.24, 2.45) is 5.10 Å². The number of aryl methyl sites for hydroxylation is 1. The predicted octanol–water partition coefficient (Wildman–Crippen LogP) is 5.14. The van der Waals surface area contributed by atoms with E-state index in [0.717, 1.165) is 26.2 Å². The number of thiophene rings is 1. The summed E-state index contributed by atoms with van der Waals surface area (Å²) in [5.74, 6) is 3.00. The third-order valence-electron chi connectivity index (χ3n) is 4.63. The molecule has 0 unspecified atom stereocenters. The quantitative estimate of drug-likeness (QED) is 0.321. The van der Waals surface area contributed by atoms with Gasteiger partial charge in [-0.2, -0.15) is 5.10 Å². The standard InChI is InChI=1S/C23H22N4O3S/c1-14-25-22(17-12-20(31-23(17)26-14)16-8-6-5-7-9-16)27-24-13-15-10-18(28-2)21(30-4)19(11-15)29-3/h5-13H,1-4H3,(H,25,26,27). The first-order valence-corrected chi connectivity index (χ1v) is 10.4. The Bertz CT molecular complexity index is 1210. The fourth-order valence-corrected chi connectivity index (χ4v) is 4.28. The second kappa shape index (κ2) is 9.01. The third-order valence-corrected chi connectivity index (χ3v) is 5.71. The Hall–Kier alpha value is -3.65. The van der Waals surface area contributed by atoms with Crippen LogP contribution in [0.25, 0.3) is 20.7 Å². The Morgan fingerprint density at radius 1 is 0.935 bits per heavy atom. The van der Waals surface area contributed by atoms with Gasteiger partial charge in [-0.15, -0.1) is 11.3 Å². The van der Waals surface area contributed by atoms with Gasteiger partial charge in [0.15, 0.2) is 17.3 Å². The van der Waals surface area contributed by atoms with Crippen molar-refractivity contribution in [2.45, 2.75) is 6.92 Å². The van der Waals surface area contributed by atoms with Crippen molar-refractivity contribution in [3.63, 3.8) is 0 Å². The second-order valence-electron chi connectivity index (χ2n) is 6.64. The zero-order valence-corrected chi connectivity index (χ0v) is 18.5. The summed E-state index contributed by atoms with van der Waals surface area (Å²) in [5.41, 5.74) is 5.00. The Labute approximate surface area is 184 Å². The predicted molar refractivity (Wildman–Crippen MR) is 125 cm³/mol. The smallest absolute Gasteiger partial charge is 0.203 e. The van der Waals surface area contributed by atoms with Crippen LogP contribution in [0.1, 0.15) is 11.4 Å². The van der Waals surface area contributed by atoms with Crippen LogP contribution in [-0.2, 0) is 0 Å². The number of nitrogens with zero attached hydrogens (tertiary/aromatic N) is 3. The molecule has 0 aliphatic heterocycles. The molecule has 2 aromatic heterocycles. The van der Waals surface area contributed by atoms with Crippen molar-refractivity contribution in [3.05, 3.63) is 59.9 Å². The van der Waals surface area contributed by atoms with Gasteiger partial charge in [0.05, 0.1) is 32.9 Å². The lowest BCUT2D eigenvalue weighted by atomic mass is 10.2. The van der Waals surface area contributed by atoms with Gasteiger partial charge in [-0.25, -0.2) is 9.97 Å². The number of methoxy groups -OCH3 is 3. The summed E-state index contributed by atoms with van der Waals surface area (Å²) in [6.45, 7) is 1.87. The fraction of sp³-hybridized carbons (Fsp3) is 0.174. The van der Waals surface area contributed by atoms with Gasteiger partial charge in [0.25, 0.3) is 0 Å². The van der Waals surface area contributed by atoms with E-state index in [0.29, 0.717) is 28.9 Å². The van der Waals surface area contributed by atoms with Crippen LogP contribution in [0.2, 0.25) is 0 Å². The van der Waals surface area contributed by atoms with Gasteiger partial charge >= 0.3 is 0 Å². The number of hydrogen-bond acceptors (Lipinski definition) is 8. The molecule has 0 aliphatic rings. The molecule has 0 aliphatic carbocycles. The molecule has 8 heteroatoms. The average molecular weight is 435 g/mol. The van der Waals surface area contributed by atoms with Gasteiger partial charge in [-0.3, -0.25) is 5.43 Å². The topological polar surface area (TPSA) is 77.9 Å². The van der Waals surface area contributed by atoms with Crippen LogP contribution in [0.5, 0.6) is 17.2 Å². The number of nitrogens with one attached hydrogen (secondary N) is 1. The second-order valence-corrected chi connectivity index (χ2v) is 7.67. The minimum absolute atomic E-state index is 0.537. The van der Waals surface area contributed by atoms with Crippen LogP contribution in [0.4, 0.5) is 5.82 Å².